The van der Waals surface area contributed by atoms with E-state index >= 15 is 0 Å². The molecule has 0 atom stereocenters. The van der Waals surface area contributed by atoms with Crippen LogP contribution in [0, 0.1) is 5.82 Å². The molecule has 0 aliphatic carbocycles. The van der Waals surface area contributed by atoms with Crippen molar-refractivity contribution in [3.8, 4) is 5.75 Å². The largest absolute Gasteiger partial charge is 0.489 e. The van der Waals surface area contributed by atoms with Crippen LogP contribution in [0.3, 0.4) is 0 Å². The third-order valence-corrected chi connectivity index (χ3v) is 2.90. The van der Waals surface area contributed by atoms with E-state index in [-0.39, 0.29) is 12.4 Å². The number of carboxylic acid groups (broad SMARTS) is 1. The molecule has 0 bridgehead atoms. The number of rotatable bonds is 6. The van der Waals surface area contributed by atoms with Crippen molar-refractivity contribution in [2.75, 3.05) is 6.61 Å². The van der Waals surface area contributed by atoms with E-state index in [1.54, 1.807) is 12.3 Å². The summed E-state index contributed by atoms with van der Waals surface area (Å²) in [4.78, 5) is 14.7. The first-order valence-corrected chi connectivity index (χ1v) is 6.36. The van der Waals surface area contributed by atoms with Gasteiger partial charge in [0.25, 0.3) is 0 Å². The molecule has 0 aliphatic heterocycles. The number of aromatic nitrogens is 2. The van der Waals surface area contributed by atoms with Gasteiger partial charge in [-0.15, -0.1) is 0 Å². The van der Waals surface area contributed by atoms with E-state index < -0.39 is 11.8 Å². The highest BCUT2D eigenvalue weighted by Crippen LogP contribution is 2.24. The Bertz CT molecular complexity index is 665. The molecule has 1 N–H and O–H groups in total. The summed E-state index contributed by atoms with van der Waals surface area (Å²) < 4.78 is 21.1. The Morgan fingerprint density at radius 3 is 3.00 bits per heavy atom. The fraction of sp³-hybridized carbons (Fsp3) is 0.200. The third-order valence-electron chi connectivity index (χ3n) is 2.90. The average Bonchev–Trinajstić information content (AvgIpc) is 2.84. The lowest BCUT2D eigenvalue weighted by Gasteiger charge is -2.10. The lowest BCUT2D eigenvalue weighted by molar-refractivity contribution is -0.131. The van der Waals surface area contributed by atoms with Crippen molar-refractivity contribution < 1.29 is 19.0 Å². The number of halogens is 1. The molecule has 1 heterocycles. The monoisotopic (exact) mass is 290 g/mol. The number of carbonyl (C=O) groups is 1. The maximum atomic E-state index is 13.8. The molecule has 2 aromatic rings. The first-order chi connectivity index (χ1) is 10.1. The minimum atomic E-state index is -1.10. The number of carboxylic acids is 1. The molecule has 1 aromatic carbocycles. The summed E-state index contributed by atoms with van der Waals surface area (Å²) in [5.41, 5.74) is 0.386. The standard InChI is InChI=1S/C15H15FN2O3/c1-18-9-8-17-13(18)7-10-21-15-11(5-6-14(19)20)3-2-4-12(15)16/h2-6,8-9H,7,10H2,1H3,(H,19,20)/b6-5+. The van der Waals surface area contributed by atoms with Crippen LogP contribution in [0.1, 0.15) is 11.4 Å². The summed E-state index contributed by atoms with van der Waals surface area (Å²) in [6, 6.07) is 4.37. The van der Waals surface area contributed by atoms with Gasteiger partial charge in [-0.2, -0.15) is 0 Å². The fourth-order valence-corrected chi connectivity index (χ4v) is 1.85. The molecular formula is C15H15FN2O3. The molecule has 0 amide bonds. The summed E-state index contributed by atoms with van der Waals surface area (Å²) in [5, 5.41) is 8.63. The molecule has 6 heteroatoms. The maximum Gasteiger partial charge on any atom is 0.328 e. The highest BCUT2D eigenvalue weighted by Gasteiger charge is 2.09. The van der Waals surface area contributed by atoms with Crippen LogP contribution in [0.4, 0.5) is 4.39 Å². The molecular weight excluding hydrogens is 275 g/mol. The van der Waals surface area contributed by atoms with Crippen LogP contribution < -0.4 is 4.74 Å². The Hall–Kier alpha value is -2.63. The number of ether oxygens (including phenoxy) is 1. The number of aliphatic carboxylic acids is 1. The predicted molar refractivity (Wildman–Crippen MR) is 75.5 cm³/mol. The van der Waals surface area contributed by atoms with Crippen molar-refractivity contribution in [2.24, 2.45) is 7.05 Å². The second-order valence-corrected chi connectivity index (χ2v) is 4.38. The number of hydrogen-bond acceptors (Lipinski definition) is 3. The normalized spacial score (nSPS) is 11.0. The zero-order chi connectivity index (χ0) is 15.2. The van der Waals surface area contributed by atoms with E-state index in [1.165, 1.54) is 18.2 Å². The number of benzene rings is 1. The van der Waals surface area contributed by atoms with Crippen molar-refractivity contribution in [3.63, 3.8) is 0 Å². The van der Waals surface area contributed by atoms with Crippen molar-refractivity contribution >= 4 is 12.0 Å². The summed E-state index contributed by atoms with van der Waals surface area (Å²) in [6.07, 6.45) is 6.28. The number of hydrogen-bond donors (Lipinski definition) is 1. The van der Waals surface area contributed by atoms with Gasteiger partial charge in [0.2, 0.25) is 0 Å². The minimum absolute atomic E-state index is 0.0456. The van der Waals surface area contributed by atoms with Gasteiger partial charge < -0.3 is 14.4 Å². The highest BCUT2D eigenvalue weighted by atomic mass is 19.1. The first kappa shape index (κ1) is 14.8. The first-order valence-electron chi connectivity index (χ1n) is 6.36. The van der Waals surface area contributed by atoms with Gasteiger partial charge in [0, 0.05) is 37.5 Å². The Balaban J connectivity index is 2.08. The van der Waals surface area contributed by atoms with Gasteiger partial charge in [-0.25, -0.2) is 14.2 Å². The topological polar surface area (TPSA) is 64.4 Å². The molecule has 5 nitrogen and oxygen atoms in total. The second-order valence-electron chi connectivity index (χ2n) is 4.38. The fourth-order valence-electron chi connectivity index (χ4n) is 1.85. The van der Waals surface area contributed by atoms with Crippen molar-refractivity contribution in [3.05, 3.63) is 53.9 Å². The molecule has 1 aromatic heterocycles. The van der Waals surface area contributed by atoms with Gasteiger partial charge in [-0.3, -0.25) is 0 Å². The molecule has 21 heavy (non-hydrogen) atoms. The number of aryl methyl sites for hydroxylation is 1. The zero-order valence-corrected chi connectivity index (χ0v) is 11.5. The molecule has 0 spiro atoms. The molecule has 0 fully saturated rings. The van der Waals surface area contributed by atoms with Gasteiger partial charge in [-0.1, -0.05) is 12.1 Å². The summed E-state index contributed by atoms with van der Waals surface area (Å²) >= 11 is 0. The van der Waals surface area contributed by atoms with Gasteiger partial charge in [0.15, 0.2) is 11.6 Å². The van der Waals surface area contributed by atoms with E-state index in [0.717, 1.165) is 11.9 Å². The minimum Gasteiger partial charge on any atom is -0.489 e. The number of nitrogens with zero attached hydrogens (tertiary/aromatic N) is 2. The van der Waals surface area contributed by atoms with Crippen molar-refractivity contribution in [1.82, 2.24) is 9.55 Å². The van der Waals surface area contributed by atoms with Crippen LogP contribution in [0.25, 0.3) is 6.08 Å². The highest BCUT2D eigenvalue weighted by molar-refractivity contribution is 5.85. The second kappa shape index (κ2) is 6.69. The Morgan fingerprint density at radius 2 is 2.33 bits per heavy atom. The number of para-hydroxylation sites is 1. The third kappa shape index (κ3) is 3.92. The Labute approximate surface area is 121 Å². The summed E-state index contributed by atoms with van der Waals surface area (Å²) in [7, 11) is 1.87. The van der Waals surface area contributed by atoms with Crippen LogP contribution in [0.2, 0.25) is 0 Å². The van der Waals surface area contributed by atoms with E-state index in [1.807, 2.05) is 17.8 Å². The molecule has 0 unspecified atom stereocenters. The lowest BCUT2D eigenvalue weighted by atomic mass is 10.2. The van der Waals surface area contributed by atoms with E-state index in [9.17, 15) is 9.18 Å². The van der Waals surface area contributed by atoms with Crippen LogP contribution in [-0.2, 0) is 18.3 Å². The molecule has 0 saturated carbocycles. The predicted octanol–water partition coefficient (Wildman–Crippen LogP) is 2.28. The van der Waals surface area contributed by atoms with Crippen LogP contribution in [-0.4, -0.2) is 27.2 Å². The van der Waals surface area contributed by atoms with Crippen molar-refractivity contribution in [1.29, 1.82) is 0 Å². The van der Waals surface area contributed by atoms with Crippen LogP contribution >= 0.6 is 0 Å². The van der Waals surface area contributed by atoms with E-state index in [0.29, 0.717) is 12.0 Å². The Kier molecular flexibility index (Phi) is 4.71. The van der Waals surface area contributed by atoms with E-state index in [2.05, 4.69) is 4.98 Å². The van der Waals surface area contributed by atoms with Gasteiger partial charge >= 0.3 is 5.97 Å². The van der Waals surface area contributed by atoms with Crippen LogP contribution in [0.5, 0.6) is 5.75 Å². The maximum absolute atomic E-state index is 13.8. The van der Waals surface area contributed by atoms with Crippen molar-refractivity contribution in [2.45, 2.75) is 6.42 Å². The molecule has 110 valence electrons. The molecule has 0 radical (unpaired) electrons. The summed E-state index contributed by atoms with van der Waals surface area (Å²) in [5.74, 6) is -0.751. The average molecular weight is 290 g/mol. The summed E-state index contributed by atoms with van der Waals surface area (Å²) in [6.45, 7) is 0.250. The quantitative estimate of drug-likeness (QED) is 0.829. The van der Waals surface area contributed by atoms with Gasteiger partial charge in [0.05, 0.1) is 6.61 Å². The molecule has 0 saturated heterocycles. The number of imidazole rings is 1. The SMILES string of the molecule is Cn1ccnc1CCOc1c(F)cccc1/C=C/C(=O)O. The van der Waals surface area contributed by atoms with Gasteiger partial charge in [-0.05, 0) is 12.1 Å². The Morgan fingerprint density at radius 1 is 1.52 bits per heavy atom. The zero-order valence-electron chi connectivity index (χ0n) is 11.5. The van der Waals surface area contributed by atoms with Crippen LogP contribution in [0.15, 0.2) is 36.7 Å². The molecule has 0 aliphatic rings. The molecule has 2 rings (SSSR count). The van der Waals surface area contributed by atoms with Gasteiger partial charge in [0.1, 0.15) is 5.82 Å². The lowest BCUT2D eigenvalue weighted by Crippen LogP contribution is -2.07. The smallest absolute Gasteiger partial charge is 0.328 e. The van der Waals surface area contributed by atoms with E-state index in [4.69, 9.17) is 9.84 Å².